The van der Waals surface area contributed by atoms with Crippen molar-refractivity contribution in [2.24, 2.45) is 4.99 Å². The number of hydrogen-bond donors (Lipinski definition) is 4. The minimum atomic E-state index is -0.236. The summed E-state index contributed by atoms with van der Waals surface area (Å²) in [5.41, 5.74) is 1.97. The molecule has 1 amide bonds. The van der Waals surface area contributed by atoms with E-state index in [0.29, 0.717) is 32.0 Å². The standard InChI is InChI=1S/C17H24FN5O/c1-3-19-17(22-9-8-20-12(2)24)21-7-6-13-11-23-16-5-4-14(18)10-15(13)16/h4-5,10-11,23H,3,6-9H2,1-2H3,(H,20,24)(H2,19,21,22). The minimum Gasteiger partial charge on any atom is -0.361 e. The van der Waals surface area contributed by atoms with Crippen LogP contribution in [0.1, 0.15) is 19.4 Å². The number of carbonyl (C=O) groups is 1. The molecule has 0 bridgehead atoms. The van der Waals surface area contributed by atoms with Crippen molar-refractivity contribution in [3.05, 3.63) is 35.8 Å². The number of fused-ring (bicyclic) bond motifs is 1. The molecule has 0 spiro atoms. The molecule has 0 atom stereocenters. The molecule has 2 rings (SSSR count). The van der Waals surface area contributed by atoms with Gasteiger partial charge in [-0.15, -0.1) is 0 Å². The van der Waals surface area contributed by atoms with E-state index in [0.717, 1.165) is 23.0 Å². The molecule has 6 nitrogen and oxygen atoms in total. The Bertz CT molecular complexity index is 710. The van der Waals surface area contributed by atoms with Gasteiger partial charge in [0.15, 0.2) is 5.96 Å². The Kier molecular flexibility index (Phi) is 6.60. The van der Waals surface area contributed by atoms with Gasteiger partial charge in [0.25, 0.3) is 0 Å². The lowest BCUT2D eigenvalue weighted by molar-refractivity contribution is -0.118. The number of guanidine groups is 1. The molecule has 0 saturated carbocycles. The number of rotatable bonds is 7. The van der Waals surface area contributed by atoms with Crippen LogP contribution in [0.2, 0.25) is 0 Å². The predicted octanol–water partition coefficient (Wildman–Crippen LogP) is 1.54. The summed E-state index contributed by atoms with van der Waals surface area (Å²) in [6, 6.07) is 4.73. The van der Waals surface area contributed by atoms with Gasteiger partial charge >= 0.3 is 0 Å². The van der Waals surface area contributed by atoms with Crippen molar-refractivity contribution >= 4 is 22.8 Å². The van der Waals surface area contributed by atoms with E-state index in [1.54, 1.807) is 12.1 Å². The monoisotopic (exact) mass is 333 g/mol. The lowest BCUT2D eigenvalue weighted by Crippen LogP contribution is -2.41. The molecule has 0 aliphatic rings. The Morgan fingerprint density at radius 3 is 2.79 bits per heavy atom. The number of H-pyrrole nitrogens is 1. The largest absolute Gasteiger partial charge is 0.361 e. The zero-order chi connectivity index (χ0) is 17.4. The summed E-state index contributed by atoms with van der Waals surface area (Å²) in [6.45, 7) is 5.96. The average molecular weight is 333 g/mol. The van der Waals surface area contributed by atoms with Crippen LogP contribution in [0, 0.1) is 5.82 Å². The van der Waals surface area contributed by atoms with Crippen molar-refractivity contribution in [1.82, 2.24) is 20.9 Å². The van der Waals surface area contributed by atoms with Gasteiger partial charge in [0.05, 0.1) is 0 Å². The Labute approximate surface area is 140 Å². The van der Waals surface area contributed by atoms with Crippen LogP contribution < -0.4 is 16.0 Å². The van der Waals surface area contributed by atoms with Crippen LogP contribution in [0.15, 0.2) is 29.4 Å². The van der Waals surface area contributed by atoms with Gasteiger partial charge < -0.3 is 20.9 Å². The SMILES string of the molecule is CCNC(=NCCc1c[nH]c2ccc(F)cc12)NCCNC(C)=O. The normalized spacial score (nSPS) is 11.5. The number of benzene rings is 1. The maximum absolute atomic E-state index is 13.4. The van der Waals surface area contributed by atoms with Crippen LogP contribution in [0.25, 0.3) is 10.9 Å². The number of nitrogens with zero attached hydrogens (tertiary/aromatic N) is 1. The molecule has 130 valence electrons. The molecule has 0 fully saturated rings. The highest BCUT2D eigenvalue weighted by atomic mass is 19.1. The number of halogens is 1. The molecule has 0 unspecified atom stereocenters. The van der Waals surface area contributed by atoms with Crippen LogP contribution >= 0.6 is 0 Å². The molecule has 1 heterocycles. The van der Waals surface area contributed by atoms with E-state index in [2.05, 4.69) is 25.9 Å². The highest BCUT2D eigenvalue weighted by molar-refractivity contribution is 5.83. The van der Waals surface area contributed by atoms with E-state index >= 15 is 0 Å². The summed E-state index contributed by atoms with van der Waals surface area (Å²) in [5, 5.41) is 9.93. The second-order valence-electron chi connectivity index (χ2n) is 5.42. The van der Waals surface area contributed by atoms with E-state index in [9.17, 15) is 9.18 Å². The number of carbonyl (C=O) groups excluding carboxylic acids is 1. The summed E-state index contributed by atoms with van der Waals surface area (Å²) >= 11 is 0. The summed E-state index contributed by atoms with van der Waals surface area (Å²) in [6.07, 6.45) is 2.61. The van der Waals surface area contributed by atoms with Crippen LogP contribution in [0.4, 0.5) is 4.39 Å². The number of aliphatic imine (C=N–C) groups is 1. The molecular formula is C17H24FN5O. The Hall–Kier alpha value is -2.57. The highest BCUT2D eigenvalue weighted by Gasteiger charge is 2.05. The fourth-order valence-electron chi connectivity index (χ4n) is 2.41. The second-order valence-corrected chi connectivity index (χ2v) is 5.42. The van der Waals surface area contributed by atoms with E-state index in [4.69, 9.17) is 0 Å². The molecule has 1 aromatic heterocycles. The highest BCUT2D eigenvalue weighted by Crippen LogP contribution is 2.19. The summed E-state index contributed by atoms with van der Waals surface area (Å²) < 4.78 is 13.4. The van der Waals surface area contributed by atoms with Gasteiger partial charge in [0.1, 0.15) is 5.82 Å². The third-order valence-electron chi connectivity index (χ3n) is 3.52. The summed E-state index contributed by atoms with van der Waals surface area (Å²) in [7, 11) is 0. The first-order valence-electron chi connectivity index (χ1n) is 8.12. The summed E-state index contributed by atoms with van der Waals surface area (Å²) in [5.74, 6) is 0.416. The Balaban J connectivity index is 1.90. The Morgan fingerprint density at radius 1 is 1.25 bits per heavy atom. The smallest absolute Gasteiger partial charge is 0.216 e. The van der Waals surface area contributed by atoms with Gasteiger partial charge in [-0.3, -0.25) is 9.79 Å². The predicted molar refractivity (Wildman–Crippen MR) is 94.6 cm³/mol. The quantitative estimate of drug-likeness (QED) is 0.352. The summed E-state index contributed by atoms with van der Waals surface area (Å²) in [4.78, 5) is 18.5. The maximum Gasteiger partial charge on any atom is 0.216 e. The molecule has 0 aliphatic heterocycles. The first-order valence-corrected chi connectivity index (χ1v) is 8.12. The molecule has 1 aromatic carbocycles. The first-order chi connectivity index (χ1) is 11.6. The molecule has 0 aliphatic carbocycles. The van der Waals surface area contributed by atoms with Crippen LogP contribution in [0.5, 0.6) is 0 Å². The van der Waals surface area contributed by atoms with Gasteiger partial charge in [0.2, 0.25) is 5.91 Å². The maximum atomic E-state index is 13.4. The van der Waals surface area contributed by atoms with Gasteiger partial charge in [-0.05, 0) is 37.1 Å². The molecule has 24 heavy (non-hydrogen) atoms. The van der Waals surface area contributed by atoms with Gasteiger partial charge in [-0.1, -0.05) is 0 Å². The second kappa shape index (κ2) is 8.90. The number of aromatic nitrogens is 1. The minimum absolute atomic E-state index is 0.0506. The molecule has 7 heteroatoms. The van der Waals surface area contributed by atoms with E-state index in [-0.39, 0.29) is 11.7 Å². The fourth-order valence-corrected chi connectivity index (χ4v) is 2.41. The topological polar surface area (TPSA) is 81.3 Å². The molecule has 2 aromatic rings. The molecule has 4 N–H and O–H groups in total. The van der Waals surface area contributed by atoms with Crippen LogP contribution in [0.3, 0.4) is 0 Å². The zero-order valence-corrected chi connectivity index (χ0v) is 14.1. The van der Waals surface area contributed by atoms with Gasteiger partial charge in [-0.2, -0.15) is 0 Å². The lowest BCUT2D eigenvalue weighted by Gasteiger charge is -2.11. The number of hydrogen-bond acceptors (Lipinski definition) is 2. The van der Waals surface area contributed by atoms with Crippen molar-refractivity contribution in [2.45, 2.75) is 20.3 Å². The molecular weight excluding hydrogens is 309 g/mol. The van der Waals surface area contributed by atoms with Crippen molar-refractivity contribution in [2.75, 3.05) is 26.2 Å². The Morgan fingerprint density at radius 2 is 2.04 bits per heavy atom. The molecule has 0 saturated heterocycles. The zero-order valence-electron chi connectivity index (χ0n) is 14.1. The van der Waals surface area contributed by atoms with E-state index in [1.807, 2.05) is 13.1 Å². The van der Waals surface area contributed by atoms with Crippen molar-refractivity contribution in [1.29, 1.82) is 0 Å². The number of nitrogens with one attached hydrogen (secondary N) is 4. The first kappa shape index (κ1) is 17.8. The third-order valence-corrected chi connectivity index (χ3v) is 3.52. The van der Waals surface area contributed by atoms with Crippen molar-refractivity contribution in [3.8, 4) is 0 Å². The van der Waals surface area contributed by atoms with Gasteiger partial charge in [0, 0.05) is 50.2 Å². The lowest BCUT2D eigenvalue weighted by atomic mass is 10.1. The number of aromatic amines is 1. The molecule has 0 radical (unpaired) electrons. The van der Waals surface area contributed by atoms with Crippen molar-refractivity contribution in [3.63, 3.8) is 0 Å². The van der Waals surface area contributed by atoms with E-state index < -0.39 is 0 Å². The number of amides is 1. The van der Waals surface area contributed by atoms with Gasteiger partial charge in [-0.25, -0.2) is 4.39 Å². The average Bonchev–Trinajstić information content (AvgIpc) is 2.93. The van der Waals surface area contributed by atoms with Crippen LogP contribution in [-0.2, 0) is 11.2 Å². The van der Waals surface area contributed by atoms with Crippen molar-refractivity contribution < 1.29 is 9.18 Å². The van der Waals surface area contributed by atoms with E-state index in [1.165, 1.54) is 13.0 Å². The fraction of sp³-hybridized carbons (Fsp3) is 0.412. The van der Waals surface area contributed by atoms with Crippen LogP contribution in [-0.4, -0.2) is 43.0 Å². The third kappa shape index (κ3) is 5.26.